The predicted molar refractivity (Wildman–Crippen MR) is 75.7 cm³/mol. The van der Waals surface area contributed by atoms with Crippen LogP contribution in [0.1, 0.15) is 12.1 Å². The molecule has 7 nitrogen and oxygen atoms in total. The number of nitrogens with one attached hydrogen (secondary N) is 1. The number of pyridine rings is 1. The summed E-state index contributed by atoms with van der Waals surface area (Å²) < 4.78 is 28.3. The Labute approximate surface area is 117 Å². The topological polar surface area (TPSA) is 103 Å². The van der Waals surface area contributed by atoms with Crippen LogP contribution >= 0.6 is 0 Å². The van der Waals surface area contributed by atoms with Crippen molar-refractivity contribution in [3.8, 4) is 0 Å². The first-order valence-electron chi connectivity index (χ1n) is 6.20. The smallest absolute Gasteiger partial charge is 0.266 e. The molecule has 0 amide bonds. The third kappa shape index (κ3) is 3.55. The fourth-order valence-electron chi connectivity index (χ4n) is 1.66. The van der Waals surface area contributed by atoms with Gasteiger partial charge in [-0.2, -0.15) is 5.10 Å². The van der Waals surface area contributed by atoms with E-state index in [-0.39, 0.29) is 4.90 Å². The van der Waals surface area contributed by atoms with Crippen LogP contribution in [0, 0.1) is 6.92 Å². The average molecular weight is 295 g/mol. The Balaban J connectivity index is 2.16. The van der Waals surface area contributed by atoms with Crippen molar-refractivity contribution < 1.29 is 8.42 Å². The Morgan fingerprint density at radius 2 is 2.20 bits per heavy atom. The summed E-state index contributed by atoms with van der Waals surface area (Å²) in [5.74, 6) is 0.291. The number of sulfonamides is 1. The number of anilines is 1. The molecule has 2 rings (SSSR count). The maximum Gasteiger partial charge on any atom is 0.266 e. The van der Waals surface area contributed by atoms with Gasteiger partial charge in [0.1, 0.15) is 10.7 Å². The van der Waals surface area contributed by atoms with Crippen LogP contribution in [0.4, 0.5) is 5.82 Å². The van der Waals surface area contributed by atoms with Gasteiger partial charge in [-0.1, -0.05) is 6.07 Å². The Kier molecular flexibility index (Phi) is 4.35. The zero-order chi connectivity index (χ0) is 14.6. The van der Waals surface area contributed by atoms with Gasteiger partial charge in [0, 0.05) is 18.4 Å². The molecule has 3 N–H and O–H groups in total. The largest absolute Gasteiger partial charge is 0.330 e. The Morgan fingerprint density at radius 1 is 1.40 bits per heavy atom. The summed E-state index contributed by atoms with van der Waals surface area (Å²) in [6.45, 7) is 2.92. The third-order valence-electron chi connectivity index (χ3n) is 2.64. The monoisotopic (exact) mass is 295 g/mol. The van der Waals surface area contributed by atoms with Crippen molar-refractivity contribution in [2.45, 2.75) is 24.8 Å². The fourth-order valence-corrected chi connectivity index (χ4v) is 2.61. The van der Waals surface area contributed by atoms with Crippen LogP contribution in [-0.2, 0) is 16.6 Å². The van der Waals surface area contributed by atoms with Crippen molar-refractivity contribution in [3.05, 3.63) is 36.3 Å². The molecule has 2 heterocycles. The second kappa shape index (κ2) is 6.02. The number of hydrogen-bond acceptors (Lipinski definition) is 5. The average Bonchev–Trinajstić information content (AvgIpc) is 2.85. The minimum Gasteiger partial charge on any atom is -0.330 e. The second-order valence-electron chi connectivity index (χ2n) is 4.35. The minimum absolute atomic E-state index is 0.109. The van der Waals surface area contributed by atoms with Crippen LogP contribution in [0.15, 0.2) is 35.5 Å². The molecule has 2 aromatic heterocycles. The summed E-state index contributed by atoms with van der Waals surface area (Å²) in [6.07, 6.45) is 3.54. The molecule has 108 valence electrons. The Bertz CT molecular complexity index is 681. The lowest BCUT2D eigenvalue weighted by Crippen LogP contribution is -2.13. The molecule has 20 heavy (non-hydrogen) atoms. The van der Waals surface area contributed by atoms with E-state index in [1.165, 1.54) is 12.4 Å². The first-order chi connectivity index (χ1) is 9.51. The van der Waals surface area contributed by atoms with Crippen LogP contribution < -0.4 is 10.5 Å². The highest BCUT2D eigenvalue weighted by Crippen LogP contribution is 2.13. The SMILES string of the molecule is Cc1cccc(NS(=O)(=O)c2cnn(CCCN)c2)n1. The van der Waals surface area contributed by atoms with E-state index in [1.807, 2.05) is 0 Å². The highest BCUT2D eigenvalue weighted by molar-refractivity contribution is 7.92. The summed E-state index contributed by atoms with van der Waals surface area (Å²) in [5, 5.41) is 4.00. The molecule has 0 aliphatic rings. The maximum atomic E-state index is 12.2. The van der Waals surface area contributed by atoms with E-state index in [4.69, 9.17) is 5.73 Å². The quantitative estimate of drug-likeness (QED) is 0.818. The van der Waals surface area contributed by atoms with Crippen LogP contribution in [0.25, 0.3) is 0 Å². The highest BCUT2D eigenvalue weighted by atomic mass is 32.2. The Hall–Kier alpha value is -1.93. The van der Waals surface area contributed by atoms with E-state index >= 15 is 0 Å². The van der Waals surface area contributed by atoms with Gasteiger partial charge in [-0.3, -0.25) is 9.40 Å². The number of nitrogens with two attached hydrogens (primary N) is 1. The fraction of sp³-hybridized carbons (Fsp3) is 0.333. The summed E-state index contributed by atoms with van der Waals surface area (Å²) in [6, 6.07) is 5.14. The third-order valence-corrected chi connectivity index (χ3v) is 3.95. The van der Waals surface area contributed by atoms with Crippen molar-refractivity contribution in [2.24, 2.45) is 5.73 Å². The molecule has 0 spiro atoms. The molecule has 0 aliphatic heterocycles. The summed E-state index contributed by atoms with van der Waals surface area (Å²) in [7, 11) is -3.66. The molecule has 0 bridgehead atoms. The standard InChI is InChI=1S/C12H17N5O2S/c1-10-4-2-5-12(15-10)16-20(18,19)11-8-14-17(9-11)7-3-6-13/h2,4-5,8-9H,3,6-7,13H2,1H3,(H,15,16). The van der Waals surface area contributed by atoms with Gasteiger partial charge in [-0.15, -0.1) is 0 Å². The van der Waals surface area contributed by atoms with Crippen LogP contribution in [-0.4, -0.2) is 29.7 Å². The molecule has 0 saturated carbocycles. The van der Waals surface area contributed by atoms with E-state index in [2.05, 4.69) is 14.8 Å². The van der Waals surface area contributed by atoms with Gasteiger partial charge in [0.15, 0.2) is 0 Å². The summed E-state index contributed by atoms with van der Waals surface area (Å²) in [4.78, 5) is 4.22. The maximum absolute atomic E-state index is 12.2. The number of aromatic nitrogens is 3. The van der Waals surface area contributed by atoms with Gasteiger partial charge in [0.2, 0.25) is 0 Å². The van der Waals surface area contributed by atoms with Gasteiger partial charge in [0.05, 0.1) is 6.20 Å². The van der Waals surface area contributed by atoms with Crippen molar-refractivity contribution in [1.29, 1.82) is 0 Å². The first-order valence-corrected chi connectivity index (χ1v) is 7.68. The minimum atomic E-state index is -3.66. The molecule has 0 radical (unpaired) electrons. The van der Waals surface area contributed by atoms with Crippen molar-refractivity contribution in [1.82, 2.24) is 14.8 Å². The second-order valence-corrected chi connectivity index (χ2v) is 6.03. The number of rotatable bonds is 6. The highest BCUT2D eigenvalue weighted by Gasteiger charge is 2.17. The van der Waals surface area contributed by atoms with E-state index in [9.17, 15) is 8.42 Å². The molecule has 0 atom stereocenters. The lowest BCUT2D eigenvalue weighted by Gasteiger charge is -2.05. The van der Waals surface area contributed by atoms with Crippen LogP contribution in [0.2, 0.25) is 0 Å². The zero-order valence-electron chi connectivity index (χ0n) is 11.2. The molecule has 0 fully saturated rings. The first kappa shape index (κ1) is 14.5. The molecule has 0 aliphatic carbocycles. The van der Waals surface area contributed by atoms with Crippen molar-refractivity contribution in [2.75, 3.05) is 11.3 Å². The molecule has 0 aromatic carbocycles. The molecular weight excluding hydrogens is 278 g/mol. The summed E-state index contributed by atoms with van der Waals surface area (Å²) >= 11 is 0. The Morgan fingerprint density at radius 3 is 2.90 bits per heavy atom. The zero-order valence-corrected chi connectivity index (χ0v) is 12.0. The van der Waals surface area contributed by atoms with Crippen LogP contribution in [0.5, 0.6) is 0 Å². The normalized spacial score (nSPS) is 11.5. The van der Waals surface area contributed by atoms with E-state index in [1.54, 1.807) is 29.8 Å². The van der Waals surface area contributed by atoms with Gasteiger partial charge in [-0.05, 0) is 32.0 Å². The van der Waals surface area contributed by atoms with E-state index in [0.717, 1.165) is 12.1 Å². The number of hydrogen-bond donors (Lipinski definition) is 2. The summed E-state index contributed by atoms with van der Waals surface area (Å²) in [5.41, 5.74) is 6.14. The number of aryl methyl sites for hydroxylation is 2. The van der Waals surface area contributed by atoms with E-state index < -0.39 is 10.0 Å². The van der Waals surface area contributed by atoms with E-state index in [0.29, 0.717) is 18.9 Å². The molecule has 0 saturated heterocycles. The van der Waals surface area contributed by atoms with Crippen molar-refractivity contribution >= 4 is 15.8 Å². The molecule has 0 unspecified atom stereocenters. The van der Waals surface area contributed by atoms with Gasteiger partial charge in [0.25, 0.3) is 10.0 Å². The lowest BCUT2D eigenvalue weighted by molar-refractivity contribution is 0.582. The van der Waals surface area contributed by atoms with Gasteiger partial charge >= 0.3 is 0 Å². The predicted octanol–water partition coefficient (Wildman–Crippen LogP) is 0.736. The van der Waals surface area contributed by atoms with Crippen molar-refractivity contribution in [3.63, 3.8) is 0 Å². The molecular formula is C12H17N5O2S. The molecule has 8 heteroatoms. The van der Waals surface area contributed by atoms with Gasteiger partial charge < -0.3 is 5.73 Å². The van der Waals surface area contributed by atoms with Crippen LogP contribution in [0.3, 0.4) is 0 Å². The van der Waals surface area contributed by atoms with Gasteiger partial charge in [-0.25, -0.2) is 13.4 Å². The lowest BCUT2D eigenvalue weighted by atomic mass is 10.4. The molecule has 2 aromatic rings. The number of nitrogens with zero attached hydrogens (tertiary/aromatic N) is 3.